The maximum Gasteiger partial charge on any atom is 0.336 e. The Hall–Kier alpha value is -0.0900. The van der Waals surface area contributed by atoms with Crippen LogP contribution in [-0.2, 0) is 9.53 Å². The van der Waals surface area contributed by atoms with Crippen molar-refractivity contribution in [3.63, 3.8) is 0 Å². The maximum atomic E-state index is 11.7. The first kappa shape index (κ1) is 16.0. The number of aliphatic hydroxyl groups excluding tert-OH is 1. The van der Waals surface area contributed by atoms with Crippen molar-refractivity contribution in [2.24, 2.45) is 11.8 Å². The van der Waals surface area contributed by atoms with Crippen LogP contribution in [0.2, 0.25) is 0 Å². The van der Waals surface area contributed by atoms with Gasteiger partial charge >= 0.3 is 5.97 Å². The average molecular weight is 321 g/mol. The molecule has 18 heavy (non-hydrogen) atoms. The molecule has 1 fully saturated rings. The van der Waals surface area contributed by atoms with E-state index in [4.69, 9.17) is 4.74 Å². The molecule has 0 spiro atoms. The summed E-state index contributed by atoms with van der Waals surface area (Å²) in [5, 5.41) is 10.0. The highest BCUT2D eigenvalue weighted by molar-refractivity contribution is 9.09. The van der Waals surface area contributed by atoms with Gasteiger partial charge in [0.1, 0.15) is 0 Å². The molecule has 1 N–H and O–H groups in total. The molecule has 1 rings (SSSR count). The summed E-state index contributed by atoms with van der Waals surface area (Å²) in [6.45, 7) is 5.69. The Balaban J connectivity index is 2.50. The number of carbonyl (C=O) groups excluding carboxylic acids is 1. The van der Waals surface area contributed by atoms with Crippen molar-refractivity contribution in [3.8, 4) is 0 Å². The molecule has 0 heterocycles. The SMILES string of the molecule is CC(C)OC(=O)[C@@H](O)[C@@H](Br)C(C)C1CCCCC1. The van der Waals surface area contributed by atoms with Gasteiger partial charge < -0.3 is 9.84 Å². The molecular weight excluding hydrogens is 296 g/mol. The monoisotopic (exact) mass is 320 g/mol. The average Bonchev–Trinajstić information content (AvgIpc) is 2.36. The molecule has 0 amide bonds. The van der Waals surface area contributed by atoms with Crippen LogP contribution in [0, 0.1) is 11.8 Å². The summed E-state index contributed by atoms with van der Waals surface area (Å²) in [4.78, 5) is 11.5. The molecular formula is C14H25BrO3. The van der Waals surface area contributed by atoms with Crippen molar-refractivity contribution < 1.29 is 14.6 Å². The van der Waals surface area contributed by atoms with E-state index in [0.29, 0.717) is 11.8 Å². The van der Waals surface area contributed by atoms with Crippen LogP contribution in [0.5, 0.6) is 0 Å². The molecule has 3 atom stereocenters. The quantitative estimate of drug-likeness (QED) is 0.624. The van der Waals surface area contributed by atoms with E-state index in [-0.39, 0.29) is 10.9 Å². The van der Waals surface area contributed by atoms with Gasteiger partial charge in [-0.05, 0) is 25.7 Å². The number of hydrogen-bond donors (Lipinski definition) is 1. The third kappa shape index (κ3) is 4.54. The fourth-order valence-electron chi connectivity index (χ4n) is 2.64. The standard InChI is InChI=1S/C14H25BrO3/c1-9(2)18-14(17)13(16)12(15)10(3)11-7-5-4-6-8-11/h9-13,16H,4-8H2,1-3H3/t10?,12-,13-/m0/s1. The second kappa shape index (κ2) is 7.49. The fourth-order valence-corrected chi connectivity index (χ4v) is 3.29. The molecule has 0 aromatic carbocycles. The Kier molecular flexibility index (Phi) is 6.64. The smallest absolute Gasteiger partial charge is 0.336 e. The molecule has 0 aliphatic heterocycles. The second-order valence-corrected chi connectivity index (χ2v) is 6.69. The molecule has 0 bridgehead atoms. The summed E-state index contributed by atoms with van der Waals surface area (Å²) in [5.41, 5.74) is 0. The van der Waals surface area contributed by atoms with E-state index < -0.39 is 12.1 Å². The van der Waals surface area contributed by atoms with E-state index in [1.54, 1.807) is 13.8 Å². The number of halogens is 1. The van der Waals surface area contributed by atoms with Gasteiger partial charge in [-0.25, -0.2) is 4.79 Å². The lowest BCUT2D eigenvalue weighted by Crippen LogP contribution is -2.39. The number of hydrogen-bond acceptors (Lipinski definition) is 3. The largest absolute Gasteiger partial charge is 0.461 e. The second-order valence-electron chi connectivity index (χ2n) is 5.63. The number of carbonyl (C=O) groups is 1. The minimum absolute atomic E-state index is 0.183. The molecule has 0 aromatic rings. The summed E-state index contributed by atoms with van der Waals surface area (Å²) in [6.07, 6.45) is 5.00. The lowest BCUT2D eigenvalue weighted by molar-refractivity contribution is -0.158. The van der Waals surface area contributed by atoms with Crippen molar-refractivity contribution in [3.05, 3.63) is 0 Å². The van der Waals surface area contributed by atoms with Gasteiger partial charge in [-0.1, -0.05) is 55.0 Å². The Labute approximate surface area is 118 Å². The zero-order chi connectivity index (χ0) is 13.7. The first-order valence-corrected chi connectivity index (χ1v) is 7.87. The lowest BCUT2D eigenvalue weighted by Gasteiger charge is -2.32. The van der Waals surface area contributed by atoms with Gasteiger partial charge in [-0.15, -0.1) is 0 Å². The van der Waals surface area contributed by atoms with E-state index in [1.165, 1.54) is 32.1 Å². The Morgan fingerprint density at radius 2 is 1.78 bits per heavy atom. The number of alkyl halides is 1. The molecule has 1 aliphatic carbocycles. The molecule has 3 nitrogen and oxygen atoms in total. The summed E-state index contributed by atoms with van der Waals surface area (Å²) >= 11 is 3.48. The van der Waals surface area contributed by atoms with E-state index in [1.807, 2.05) is 0 Å². The summed E-state index contributed by atoms with van der Waals surface area (Å²) < 4.78 is 5.05. The molecule has 1 saturated carbocycles. The molecule has 106 valence electrons. The topological polar surface area (TPSA) is 46.5 Å². The van der Waals surface area contributed by atoms with Crippen LogP contribution in [0.1, 0.15) is 52.9 Å². The van der Waals surface area contributed by atoms with Crippen molar-refractivity contribution >= 4 is 21.9 Å². The van der Waals surface area contributed by atoms with Gasteiger partial charge in [0.25, 0.3) is 0 Å². The molecule has 0 aromatic heterocycles. The van der Waals surface area contributed by atoms with Crippen LogP contribution in [0.15, 0.2) is 0 Å². The fraction of sp³-hybridized carbons (Fsp3) is 0.929. The zero-order valence-corrected chi connectivity index (χ0v) is 13.1. The van der Waals surface area contributed by atoms with Gasteiger partial charge in [-0.3, -0.25) is 0 Å². The summed E-state index contributed by atoms with van der Waals surface area (Å²) in [7, 11) is 0. The number of aliphatic hydroxyl groups is 1. The normalized spacial score (nSPS) is 22.6. The van der Waals surface area contributed by atoms with Crippen LogP contribution in [0.3, 0.4) is 0 Å². The number of esters is 1. The maximum absolute atomic E-state index is 11.7. The van der Waals surface area contributed by atoms with E-state index in [2.05, 4.69) is 22.9 Å². The predicted molar refractivity (Wildman–Crippen MR) is 75.7 cm³/mol. The predicted octanol–water partition coefficient (Wildman–Crippen LogP) is 3.28. The van der Waals surface area contributed by atoms with Crippen LogP contribution >= 0.6 is 15.9 Å². The highest BCUT2D eigenvalue weighted by atomic mass is 79.9. The van der Waals surface area contributed by atoms with Gasteiger partial charge in [0.15, 0.2) is 6.10 Å². The van der Waals surface area contributed by atoms with Crippen LogP contribution in [-0.4, -0.2) is 28.1 Å². The Morgan fingerprint density at radius 1 is 1.22 bits per heavy atom. The molecule has 0 radical (unpaired) electrons. The van der Waals surface area contributed by atoms with Crippen molar-refractivity contribution in [1.29, 1.82) is 0 Å². The van der Waals surface area contributed by atoms with Crippen LogP contribution in [0.4, 0.5) is 0 Å². The lowest BCUT2D eigenvalue weighted by atomic mass is 9.78. The van der Waals surface area contributed by atoms with E-state index in [0.717, 1.165) is 0 Å². The van der Waals surface area contributed by atoms with Gasteiger partial charge in [0.05, 0.1) is 10.9 Å². The van der Waals surface area contributed by atoms with E-state index >= 15 is 0 Å². The van der Waals surface area contributed by atoms with Crippen LogP contribution in [0.25, 0.3) is 0 Å². The summed E-state index contributed by atoms with van der Waals surface area (Å²) in [6, 6.07) is 0. The molecule has 1 aliphatic rings. The van der Waals surface area contributed by atoms with Gasteiger partial charge in [0, 0.05) is 0 Å². The van der Waals surface area contributed by atoms with Gasteiger partial charge in [-0.2, -0.15) is 0 Å². The highest BCUT2D eigenvalue weighted by Crippen LogP contribution is 2.35. The summed E-state index contributed by atoms with van der Waals surface area (Å²) in [5.74, 6) is 0.374. The van der Waals surface area contributed by atoms with Crippen molar-refractivity contribution in [2.45, 2.75) is 69.9 Å². The van der Waals surface area contributed by atoms with Crippen LogP contribution < -0.4 is 0 Å². The van der Waals surface area contributed by atoms with Crippen molar-refractivity contribution in [1.82, 2.24) is 0 Å². The molecule has 0 saturated heterocycles. The molecule has 1 unspecified atom stereocenters. The minimum Gasteiger partial charge on any atom is -0.461 e. The minimum atomic E-state index is -1.07. The Morgan fingerprint density at radius 3 is 2.28 bits per heavy atom. The highest BCUT2D eigenvalue weighted by Gasteiger charge is 2.34. The third-order valence-corrected chi connectivity index (χ3v) is 5.13. The number of ether oxygens (including phenoxy) is 1. The zero-order valence-electron chi connectivity index (χ0n) is 11.6. The van der Waals surface area contributed by atoms with Gasteiger partial charge in [0.2, 0.25) is 0 Å². The van der Waals surface area contributed by atoms with E-state index in [9.17, 15) is 9.90 Å². The molecule has 4 heteroatoms. The Bertz CT molecular complexity index is 262. The number of rotatable bonds is 5. The first-order valence-electron chi connectivity index (χ1n) is 6.96. The first-order chi connectivity index (χ1) is 8.43. The third-order valence-electron chi connectivity index (χ3n) is 3.79. The van der Waals surface area contributed by atoms with Crippen molar-refractivity contribution in [2.75, 3.05) is 0 Å².